The highest BCUT2D eigenvalue weighted by molar-refractivity contribution is 6.30. The maximum absolute atomic E-state index is 13.8. The molecule has 0 spiro atoms. The van der Waals surface area contributed by atoms with Crippen molar-refractivity contribution in [2.24, 2.45) is 0 Å². The molecule has 0 saturated heterocycles. The fourth-order valence-corrected chi connectivity index (χ4v) is 5.33. The molecular weight excluding hydrogens is 496 g/mol. The lowest BCUT2D eigenvalue weighted by molar-refractivity contribution is -0.143. The summed E-state index contributed by atoms with van der Waals surface area (Å²) < 4.78 is 5.98. The minimum Gasteiger partial charge on any atom is -0.483 e. The molecule has 1 N–H and O–H groups in total. The highest BCUT2D eigenvalue weighted by Gasteiger charge is 2.32. The zero-order valence-corrected chi connectivity index (χ0v) is 23.0. The van der Waals surface area contributed by atoms with Crippen LogP contribution in [0.2, 0.25) is 5.02 Å². The smallest absolute Gasteiger partial charge is 0.261 e. The van der Waals surface area contributed by atoms with Gasteiger partial charge in [0.25, 0.3) is 5.91 Å². The lowest BCUT2D eigenvalue weighted by Crippen LogP contribution is -2.53. The molecule has 0 heterocycles. The molecule has 1 unspecified atom stereocenters. The highest BCUT2D eigenvalue weighted by Crippen LogP contribution is 2.22. The molecular formula is C32H37ClN2O3. The lowest BCUT2D eigenvalue weighted by Gasteiger charge is -2.33. The number of carbonyl (C=O) groups is 2. The van der Waals surface area contributed by atoms with Gasteiger partial charge in [-0.2, -0.15) is 0 Å². The minimum atomic E-state index is -0.687. The van der Waals surface area contributed by atoms with Crippen molar-refractivity contribution < 1.29 is 14.3 Å². The van der Waals surface area contributed by atoms with Crippen molar-refractivity contribution in [3.05, 3.63) is 100 Å². The Bertz CT molecular complexity index is 1220. The van der Waals surface area contributed by atoms with Gasteiger partial charge in [-0.1, -0.05) is 91.0 Å². The van der Waals surface area contributed by atoms with Gasteiger partial charge in [0.2, 0.25) is 5.91 Å². The van der Waals surface area contributed by atoms with E-state index in [9.17, 15) is 9.59 Å². The van der Waals surface area contributed by atoms with E-state index in [4.69, 9.17) is 16.3 Å². The molecule has 4 rings (SSSR count). The first-order valence-corrected chi connectivity index (χ1v) is 13.8. The molecule has 2 amide bonds. The molecule has 1 aliphatic carbocycles. The van der Waals surface area contributed by atoms with Crippen LogP contribution in [0.5, 0.6) is 5.75 Å². The monoisotopic (exact) mass is 532 g/mol. The summed E-state index contributed by atoms with van der Waals surface area (Å²) in [5.74, 6) is 0.297. The van der Waals surface area contributed by atoms with E-state index in [2.05, 4.69) is 5.32 Å². The summed E-state index contributed by atoms with van der Waals surface area (Å²) >= 11 is 6.27. The van der Waals surface area contributed by atoms with E-state index in [1.54, 1.807) is 11.0 Å². The number of hydrogen-bond donors (Lipinski definition) is 1. The molecule has 38 heavy (non-hydrogen) atoms. The van der Waals surface area contributed by atoms with Gasteiger partial charge in [0.15, 0.2) is 6.61 Å². The molecule has 1 aliphatic rings. The van der Waals surface area contributed by atoms with Crippen LogP contribution < -0.4 is 10.1 Å². The van der Waals surface area contributed by atoms with E-state index in [1.165, 1.54) is 6.42 Å². The molecule has 0 aliphatic heterocycles. The van der Waals surface area contributed by atoms with Crippen LogP contribution in [0.15, 0.2) is 72.8 Å². The summed E-state index contributed by atoms with van der Waals surface area (Å²) in [7, 11) is 0. The Balaban J connectivity index is 1.62. The Kier molecular flexibility index (Phi) is 9.83. The van der Waals surface area contributed by atoms with Gasteiger partial charge >= 0.3 is 0 Å². The second-order valence-corrected chi connectivity index (χ2v) is 10.7. The van der Waals surface area contributed by atoms with E-state index in [1.807, 2.05) is 80.6 Å². The number of ether oxygens (including phenoxy) is 1. The van der Waals surface area contributed by atoms with Gasteiger partial charge in [0.1, 0.15) is 11.8 Å². The third kappa shape index (κ3) is 7.84. The van der Waals surface area contributed by atoms with Gasteiger partial charge in [0.05, 0.1) is 0 Å². The number of nitrogens with zero attached hydrogens (tertiary/aromatic N) is 1. The van der Waals surface area contributed by atoms with Gasteiger partial charge < -0.3 is 15.0 Å². The summed E-state index contributed by atoms with van der Waals surface area (Å²) in [4.78, 5) is 29.3. The molecule has 200 valence electrons. The van der Waals surface area contributed by atoms with Crippen molar-refractivity contribution in [3.8, 4) is 5.75 Å². The molecule has 3 aromatic rings. The average Bonchev–Trinajstić information content (AvgIpc) is 2.91. The Labute approximate surface area is 231 Å². The summed E-state index contributed by atoms with van der Waals surface area (Å²) in [5.41, 5.74) is 3.96. The summed E-state index contributed by atoms with van der Waals surface area (Å²) in [6, 6.07) is 22.6. The van der Waals surface area contributed by atoms with Crippen LogP contribution in [0, 0.1) is 13.8 Å². The van der Waals surface area contributed by atoms with Crippen LogP contribution in [-0.4, -0.2) is 35.4 Å². The number of hydrogen-bond acceptors (Lipinski definition) is 3. The zero-order valence-electron chi connectivity index (χ0n) is 22.3. The molecule has 1 fully saturated rings. The second-order valence-electron chi connectivity index (χ2n) is 10.3. The first-order chi connectivity index (χ1) is 18.4. The number of halogens is 1. The van der Waals surface area contributed by atoms with Crippen molar-refractivity contribution >= 4 is 23.4 Å². The maximum Gasteiger partial charge on any atom is 0.261 e. The first kappa shape index (κ1) is 27.7. The summed E-state index contributed by atoms with van der Waals surface area (Å²) in [6.07, 6.45) is 5.79. The van der Waals surface area contributed by atoms with E-state index in [-0.39, 0.29) is 31.0 Å². The van der Waals surface area contributed by atoms with Crippen molar-refractivity contribution in [2.75, 3.05) is 6.61 Å². The van der Waals surface area contributed by atoms with Gasteiger partial charge in [-0.25, -0.2) is 0 Å². The summed E-state index contributed by atoms with van der Waals surface area (Å²) in [5, 5.41) is 3.85. The quantitative estimate of drug-likeness (QED) is 0.327. The van der Waals surface area contributed by atoms with Crippen LogP contribution in [0.1, 0.15) is 54.4 Å². The molecule has 0 radical (unpaired) electrons. The van der Waals surface area contributed by atoms with E-state index in [0.29, 0.717) is 17.2 Å². The largest absolute Gasteiger partial charge is 0.483 e. The van der Waals surface area contributed by atoms with Gasteiger partial charge in [-0.15, -0.1) is 0 Å². The Hall–Kier alpha value is -3.31. The topological polar surface area (TPSA) is 58.6 Å². The van der Waals surface area contributed by atoms with Crippen LogP contribution >= 0.6 is 11.6 Å². The Morgan fingerprint density at radius 3 is 2.39 bits per heavy atom. The van der Waals surface area contributed by atoms with Crippen LogP contribution in [-0.2, 0) is 22.6 Å². The van der Waals surface area contributed by atoms with E-state index >= 15 is 0 Å². The van der Waals surface area contributed by atoms with Crippen molar-refractivity contribution in [1.82, 2.24) is 10.2 Å². The maximum atomic E-state index is 13.8. The molecule has 3 aromatic carbocycles. The molecule has 1 saturated carbocycles. The standard InChI is InChI=1S/C32H37ClN2O3/c1-23-16-17-30(24(2)18-23)38-22-31(36)35(21-26-12-9-13-27(33)19-26)29(20-25-10-5-3-6-11-25)32(37)34-28-14-7-4-8-15-28/h3,5-6,9-13,16-19,28-29H,4,7-8,14-15,20-22H2,1-2H3,(H,34,37). The molecule has 0 aromatic heterocycles. The molecule has 1 atom stereocenters. The average molecular weight is 533 g/mol. The van der Waals surface area contributed by atoms with Crippen LogP contribution in [0.4, 0.5) is 0 Å². The highest BCUT2D eigenvalue weighted by atomic mass is 35.5. The normalized spacial score (nSPS) is 14.5. The van der Waals surface area contributed by atoms with E-state index < -0.39 is 6.04 Å². The van der Waals surface area contributed by atoms with Crippen molar-refractivity contribution in [1.29, 1.82) is 0 Å². The third-order valence-corrected chi connectivity index (χ3v) is 7.38. The van der Waals surface area contributed by atoms with Crippen molar-refractivity contribution in [3.63, 3.8) is 0 Å². The number of aryl methyl sites for hydroxylation is 2. The van der Waals surface area contributed by atoms with Crippen molar-refractivity contribution in [2.45, 2.75) is 71.0 Å². The number of nitrogens with one attached hydrogen (secondary N) is 1. The predicted octanol–water partition coefficient (Wildman–Crippen LogP) is 6.42. The third-order valence-electron chi connectivity index (χ3n) is 7.15. The Morgan fingerprint density at radius 2 is 1.68 bits per heavy atom. The van der Waals surface area contributed by atoms with E-state index in [0.717, 1.165) is 47.9 Å². The fourth-order valence-electron chi connectivity index (χ4n) is 5.11. The number of rotatable bonds is 10. The number of carbonyl (C=O) groups excluding carboxylic acids is 2. The molecule has 6 heteroatoms. The van der Waals surface area contributed by atoms with Gasteiger partial charge in [0, 0.05) is 24.0 Å². The van der Waals surface area contributed by atoms with Gasteiger partial charge in [-0.05, 0) is 61.6 Å². The summed E-state index contributed by atoms with van der Waals surface area (Å²) in [6.45, 7) is 4.08. The number of benzene rings is 3. The van der Waals surface area contributed by atoms with Crippen LogP contribution in [0.25, 0.3) is 0 Å². The second kappa shape index (κ2) is 13.5. The molecule has 5 nitrogen and oxygen atoms in total. The SMILES string of the molecule is Cc1ccc(OCC(=O)N(Cc2cccc(Cl)c2)C(Cc2ccccc2)C(=O)NC2CCCCC2)c(C)c1. The van der Waals surface area contributed by atoms with Crippen LogP contribution in [0.3, 0.4) is 0 Å². The molecule has 0 bridgehead atoms. The predicted molar refractivity (Wildman–Crippen MR) is 152 cm³/mol. The lowest BCUT2D eigenvalue weighted by atomic mass is 9.94. The first-order valence-electron chi connectivity index (χ1n) is 13.5. The fraction of sp³-hybridized carbons (Fsp3) is 0.375. The number of amides is 2. The van der Waals surface area contributed by atoms with Gasteiger partial charge in [-0.3, -0.25) is 9.59 Å². The Morgan fingerprint density at radius 1 is 0.947 bits per heavy atom. The zero-order chi connectivity index (χ0) is 26.9. The minimum absolute atomic E-state index is 0.123.